The lowest BCUT2D eigenvalue weighted by Gasteiger charge is -2.38. The first-order valence-electron chi connectivity index (χ1n) is 9.68. The maximum absolute atomic E-state index is 13.0. The second-order valence-corrected chi connectivity index (χ2v) is 8.18. The molecule has 2 heterocycles. The molecule has 6 nitrogen and oxygen atoms in total. The fourth-order valence-electron chi connectivity index (χ4n) is 3.66. The number of nitrogens with two attached hydrogens (primary N) is 1. The van der Waals surface area contributed by atoms with Crippen LogP contribution in [0.1, 0.15) is 42.5 Å². The highest BCUT2D eigenvalue weighted by molar-refractivity contribution is 6.39. The zero-order valence-corrected chi connectivity index (χ0v) is 17.7. The first-order chi connectivity index (χ1) is 14.5. The van der Waals surface area contributed by atoms with Crippen LogP contribution in [0, 0.1) is 12.8 Å². The van der Waals surface area contributed by atoms with Gasteiger partial charge in [-0.15, -0.1) is 0 Å². The number of nitrogen functional groups attached to an aromatic ring is 1. The monoisotopic (exact) mass is 454 g/mol. The molecule has 2 amide bonds. The number of halogens is 4. The summed E-state index contributed by atoms with van der Waals surface area (Å²) >= 11 is 5.87. The van der Waals surface area contributed by atoms with Gasteiger partial charge in [0.2, 0.25) is 0 Å². The van der Waals surface area contributed by atoms with Crippen molar-refractivity contribution < 1.29 is 22.8 Å². The number of pyridine rings is 1. The fraction of sp³-hybridized carbons (Fsp3) is 0.381. The molecule has 1 aliphatic heterocycles. The first-order valence-corrected chi connectivity index (χ1v) is 10.1. The van der Waals surface area contributed by atoms with E-state index in [-0.39, 0.29) is 5.92 Å². The van der Waals surface area contributed by atoms with Crippen molar-refractivity contribution in [3.05, 3.63) is 52.2 Å². The molecule has 1 aromatic carbocycles. The van der Waals surface area contributed by atoms with Gasteiger partial charge in [0.15, 0.2) is 0 Å². The lowest BCUT2D eigenvalue weighted by atomic mass is 9.89. The number of anilines is 2. The Labute approximate surface area is 182 Å². The molecule has 31 heavy (non-hydrogen) atoms. The maximum Gasteiger partial charge on any atom is 0.417 e. The van der Waals surface area contributed by atoms with Crippen LogP contribution in [-0.2, 0) is 15.8 Å². The second kappa shape index (κ2) is 8.74. The second-order valence-electron chi connectivity index (χ2n) is 7.77. The maximum atomic E-state index is 13.0. The Morgan fingerprint density at radius 3 is 2.58 bits per heavy atom. The average Bonchev–Trinajstić information content (AvgIpc) is 2.69. The van der Waals surface area contributed by atoms with Crippen LogP contribution in [0.4, 0.5) is 24.7 Å². The van der Waals surface area contributed by atoms with Gasteiger partial charge in [0.25, 0.3) is 0 Å². The molecule has 0 radical (unpaired) electrons. The molecule has 0 aliphatic carbocycles. The van der Waals surface area contributed by atoms with Gasteiger partial charge in [0, 0.05) is 6.54 Å². The Bertz CT molecular complexity index is 1010. The number of carbonyl (C=O) groups excluding carboxylic acids is 2. The molecular formula is C21H22ClF3N4O2. The van der Waals surface area contributed by atoms with E-state index in [0.717, 1.165) is 12.5 Å². The molecule has 10 heteroatoms. The van der Waals surface area contributed by atoms with Gasteiger partial charge in [-0.3, -0.25) is 9.59 Å². The summed E-state index contributed by atoms with van der Waals surface area (Å²) in [5, 5.41) is 2.07. The highest BCUT2D eigenvalue weighted by atomic mass is 35.5. The lowest BCUT2D eigenvalue weighted by Crippen LogP contribution is -2.46. The molecule has 1 aromatic heterocycles. The minimum Gasteiger partial charge on any atom is -0.383 e. The van der Waals surface area contributed by atoms with Crippen molar-refractivity contribution in [3.8, 4) is 0 Å². The van der Waals surface area contributed by atoms with Gasteiger partial charge in [-0.25, -0.2) is 4.98 Å². The van der Waals surface area contributed by atoms with Gasteiger partial charge >= 0.3 is 18.0 Å². The van der Waals surface area contributed by atoms with E-state index in [0.29, 0.717) is 35.6 Å². The fourth-order valence-corrected chi connectivity index (χ4v) is 3.96. The number of nitrogens with one attached hydrogen (secondary N) is 1. The smallest absolute Gasteiger partial charge is 0.383 e. The summed E-state index contributed by atoms with van der Waals surface area (Å²) in [6.45, 7) is 3.96. The van der Waals surface area contributed by atoms with Crippen LogP contribution in [0.3, 0.4) is 0 Å². The van der Waals surface area contributed by atoms with Gasteiger partial charge in [-0.05, 0) is 55.0 Å². The zero-order chi connectivity index (χ0) is 22.9. The number of aromatic nitrogens is 1. The van der Waals surface area contributed by atoms with Crippen molar-refractivity contribution in [2.75, 3.05) is 17.6 Å². The molecule has 0 bridgehead atoms. The van der Waals surface area contributed by atoms with Crippen molar-refractivity contribution in [1.29, 1.82) is 0 Å². The molecule has 3 N–H and O–H groups in total. The van der Waals surface area contributed by atoms with Gasteiger partial charge < -0.3 is 16.0 Å². The number of carbonyl (C=O) groups is 2. The molecule has 166 valence electrons. The largest absolute Gasteiger partial charge is 0.417 e. The summed E-state index contributed by atoms with van der Waals surface area (Å²) in [6.07, 6.45) is -1.96. The first kappa shape index (κ1) is 22.9. The lowest BCUT2D eigenvalue weighted by molar-refractivity contribution is -0.146. The number of alkyl halides is 3. The van der Waals surface area contributed by atoms with Crippen LogP contribution in [-0.4, -0.2) is 28.2 Å². The van der Waals surface area contributed by atoms with E-state index in [1.54, 1.807) is 13.0 Å². The summed E-state index contributed by atoms with van der Waals surface area (Å²) in [5.74, 6) is -1.18. The van der Waals surface area contributed by atoms with Gasteiger partial charge in [-0.1, -0.05) is 24.6 Å². The Morgan fingerprint density at radius 2 is 1.97 bits per heavy atom. The molecule has 1 aliphatic rings. The highest BCUT2D eigenvalue weighted by Crippen LogP contribution is 2.39. The Balaban J connectivity index is 1.84. The third-order valence-electron chi connectivity index (χ3n) is 5.33. The van der Waals surface area contributed by atoms with E-state index in [2.05, 4.69) is 10.3 Å². The molecule has 0 unspecified atom stereocenters. The summed E-state index contributed by atoms with van der Waals surface area (Å²) in [6, 6.07) is 4.47. The van der Waals surface area contributed by atoms with Crippen molar-refractivity contribution in [2.45, 2.75) is 38.9 Å². The van der Waals surface area contributed by atoms with Crippen LogP contribution in [0.5, 0.6) is 0 Å². The number of aryl methyl sites for hydroxylation is 1. The Hall–Kier alpha value is -2.81. The van der Waals surface area contributed by atoms with E-state index in [9.17, 15) is 22.8 Å². The van der Waals surface area contributed by atoms with E-state index in [1.165, 1.54) is 23.2 Å². The number of piperidine rings is 1. The third-order valence-corrected chi connectivity index (χ3v) is 5.65. The molecule has 0 spiro atoms. The molecule has 1 fully saturated rings. The van der Waals surface area contributed by atoms with Gasteiger partial charge in [0.05, 0.1) is 28.5 Å². The predicted octanol–water partition coefficient (Wildman–Crippen LogP) is 4.58. The quantitative estimate of drug-likeness (QED) is 0.650. The van der Waals surface area contributed by atoms with E-state index in [4.69, 9.17) is 17.3 Å². The van der Waals surface area contributed by atoms with Gasteiger partial charge in [0.1, 0.15) is 5.82 Å². The van der Waals surface area contributed by atoms with Crippen LogP contribution >= 0.6 is 11.6 Å². The number of amides is 2. The standard InChI is InChI=1S/C21H22ClF3N4O2/c1-11-3-6-17(13-4-5-15(16(22)8-13)21(23,24)25)29(10-11)20(31)19(30)28-14-7-12(2)18(26)27-9-14/h4-5,7-9,11,17H,3,6,10H2,1-2H3,(H2,26,27)(H,28,30)/t11-,17+/m1/s1. The minimum absolute atomic E-state index is 0.137. The number of hydrogen-bond acceptors (Lipinski definition) is 4. The SMILES string of the molecule is Cc1cc(NC(=O)C(=O)N2C[C@H](C)CC[C@H]2c2ccc(C(F)(F)F)c(Cl)c2)cnc1N. The van der Waals surface area contributed by atoms with Crippen molar-refractivity contribution in [2.24, 2.45) is 5.92 Å². The van der Waals surface area contributed by atoms with Crippen molar-refractivity contribution >= 4 is 34.9 Å². The summed E-state index contributed by atoms with van der Waals surface area (Å²) in [7, 11) is 0. The number of rotatable bonds is 2. The minimum atomic E-state index is -4.57. The van der Waals surface area contributed by atoms with Crippen molar-refractivity contribution in [3.63, 3.8) is 0 Å². The molecule has 3 rings (SSSR count). The van der Waals surface area contributed by atoms with E-state index in [1.807, 2.05) is 6.92 Å². The van der Waals surface area contributed by atoms with Crippen molar-refractivity contribution in [1.82, 2.24) is 9.88 Å². The number of hydrogen-bond donors (Lipinski definition) is 2. The topological polar surface area (TPSA) is 88.3 Å². The number of likely N-dealkylation sites (tertiary alicyclic amines) is 1. The summed E-state index contributed by atoms with van der Waals surface area (Å²) < 4.78 is 39.1. The average molecular weight is 455 g/mol. The highest BCUT2D eigenvalue weighted by Gasteiger charge is 2.37. The van der Waals surface area contributed by atoms with E-state index < -0.39 is 34.6 Å². The molecule has 0 saturated carbocycles. The van der Waals surface area contributed by atoms with Crippen LogP contribution in [0.25, 0.3) is 0 Å². The Kier molecular flexibility index (Phi) is 6.45. The molecule has 2 aromatic rings. The van der Waals surface area contributed by atoms with Gasteiger partial charge in [-0.2, -0.15) is 13.2 Å². The molecular weight excluding hydrogens is 433 g/mol. The van der Waals surface area contributed by atoms with Crippen LogP contribution in [0.2, 0.25) is 5.02 Å². The van der Waals surface area contributed by atoms with Crippen LogP contribution in [0.15, 0.2) is 30.5 Å². The molecule has 2 atom stereocenters. The Morgan fingerprint density at radius 1 is 1.26 bits per heavy atom. The predicted molar refractivity (Wildman–Crippen MR) is 111 cm³/mol. The third kappa shape index (κ3) is 5.10. The normalized spacial score (nSPS) is 19.2. The number of benzene rings is 1. The molecule has 1 saturated heterocycles. The van der Waals surface area contributed by atoms with E-state index >= 15 is 0 Å². The zero-order valence-electron chi connectivity index (χ0n) is 17.0. The van der Waals surface area contributed by atoms with Crippen LogP contribution < -0.4 is 11.1 Å². The summed E-state index contributed by atoms with van der Waals surface area (Å²) in [5.41, 5.74) is 6.15. The summed E-state index contributed by atoms with van der Waals surface area (Å²) in [4.78, 5) is 30.9. The number of nitrogens with zero attached hydrogens (tertiary/aromatic N) is 2.